The molecule has 0 bridgehead atoms. The number of nitrogens with zero attached hydrogens (tertiary/aromatic N) is 1. The van der Waals surface area contributed by atoms with Crippen LogP contribution in [0.25, 0.3) is 10.9 Å². The molecule has 4 heteroatoms. The quantitative estimate of drug-likeness (QED) is 0.887. The molecule has 2 aromatic rings. The molecular weight excluding hydrogens is 251 g/mol. The van der Waals surface area contributed by atoms with Gasteiger partial charge in [-0.25, -0.2) is 9.37 Å². The maximum absolute atomic E-state index is 13.9. The first-order valence-electron chi connectivity index (χ1n) is 6.18. The highest BCUT2D eigenvalue weighted by Crippen LogP contribution is 2.28. The van der Waals surface area contributed by atoms with Crippen LogP contribution in [0, 0.1) is 5.82 Å². The predicted octanol–water partition coefficient (Wildman–Crippen LogP) is 4.41. The summed E-state index contributed by atoms with van der Waals surface area (Å²) in [6.07, 6.45) is 1.78. The molecule has 0 unspecified atom stereocenters. The lowest BCUT2D eigenvalue weighted by molar-refractivity contribution is 0.636. The second-order valence-corrected chi connectivity index (χ2v) is 4.66. The Bertz CT molecular complexity index is 569. The van der Waals surface area contributed by atoms with Gasteiger partial charge in [-0.1, -0.05) is 25.4 Å². The van der Waals surface area contributed by atoms with E-state index in [1.807, 2.05) is 13.0 Å². The van der Waals surface area contributed by atoms with Gasteiger partial charge in [0.2, 0.25) is 0 Å². The number of benzene rings is 1. The van der Waals surface area contributed by atoms with Crippen molar-refractivity contribution < 1.29 is 4.39 Å². The van der Waals surface area contributed by atoms with Crippen molar-refractivity contribution in [2.45, 2.75) is 26.7 Å². The first-order chi connectivity index (χ1) is 8.65. The fourth-order valence-electron chi connectivity index (χ4n) is 1.89. The van der Waals surface area contributed by atoms with E-state index in [0.717, 1.165) is 36.2 Å². The molecular formula is C14H16ClFN2. The Morgan fingerprint density at radius 2 is 2.06 bits per heavy atom. The van der Waals surface area contributed by atoms with Crippen molar-refractivity contribution in [2.24, 2.45) is 0 Å². The summed E-state index contributed by atoms with van der Waals surface area (Å²) in [4.78, 5) is 4.33. The molecule has 0 radical (unpaired) electrons. The monoisotopic (exact) mass is 266 g/mol. The number of aryl methyl sites for hydroxylation is 1. The smallest absolute Gasteiger partial charge is 0.150 e. The summed E-state index contributed by atoms with van der Waals surface area (Å²) in [5, 5.41) is 4.44. The van der Waals surface area contributed by atoms with E-state index in [2.05, 4.69) is 17.2 Å². The van der Waals surface area contributed by atoms with E-state index in [1.165, 1.54) is 6.07 Å². The van der Waals surface area contributed by atoms with Crippen molar-refractivity contribution in [1.82, 2.24) is 4.98 Å². The lowest BCUT2D eigenvalue weighted by Gasteiger charge is -2.11. The summed E-state index contributed by atoms with van der Waals surface area (Å²) in [7, 11) is 0. The highest BCUT2D eigenvalue weighted by atomic mass is 35.5. The van der Waals surface area contributed by atoms with Crippen LogP contribution in [0.5, 0.6) is 0 Å². The molecule has 18 heavy (non-hydrogen) atoms. The summed E-state index contributed by atoms with van der Waals surface area (Å²) in [5.41, 5.74) is 2.17. The zero-order valence-electron chi connectivity index (χ0n) is 10.6. The van der Waals surface area contributed by atoms with E-state index in [1.54, 1.807) is 6.07 Å². The van der Waals surface area contributed by atoms with E-state index >= 15 is 0 Å². The molecule has 1 aromatic heterocycles. The first-order valence-corrected chi connectivity index (χ1v) is 6.56. The third-order valence-corrected chi connectivity index (χ3v) is 3.03. The van der Waals surface area contributed by atoms with E-state index in [9.17, 15) is 4.39 Å². The highest BCUT2D eigenvalue weighted by molar-refractivity contribution is 6.31. The molecule has 0 aliphatic rings. The number of hydrogen-bond donors (Lipinski definition) is 1. The fourth-order valence-corrected chi connectivity index (χ4v) is 2.10. The topological polar surface area (TPSA) is 24.9 Å². The normalized spacial score (nSPS) is 10.9. The third kappa shape index (κ3) is 2.56. The molecule has 1 heterocycles. The predicted molar refractivity (Wildman–Crippen MR) is 74.9 cm³/mol. The minimum atomic E-state index is -0.368. The standard InChI is InChI=1S/C14H16ClFN2/c1-3-5-17-13-8-10(4-2)18-14-11(13)6-9(15)7-12(14)16/h6-8H,3-5H2,1-2H3,(H,17,18). The molecule has 2 nitrogen and oxygen atoms in total. The van der Waals surface area contributed by atoms with Gasteiger partial charge in [0, 0.05) is 28.3 Å². The number of aromatic nitrogens is 1. The van der Waals surface area contributed by atoms with Gasteiger partial charge in [0.15, 0.2) is 5.82 Å². The van der Waals surface area contributed by atoms with Crippen LogP contribution < -0.4 is 5.32 Å². The Balaban J connectivity index is 2.64. The number of halogens is 2. The van der Waals surface area contributed by atoms with Crippen molar-refractivity contribution in [2.75, 3.05) is 11.9 Å². The molecule has 0 amide bonds. The summed E-state index contributed by atoms with van der Waals surface area (Å²) in [6.45, 7) is 4.94. The molecule has 0 spiro atoms. The van der Waals surface area contributed by atoms with Gasteiger partial charge in [-0.3, -0.25) is 0 Å². The third-order valence-electron chi connectivity index (χ3n) is 2.81. The van der Waals surface area contributed by atoms with Crippen LogP contribution in [-0.4, -0.2) is 11.5 Å². The zero-order valence-corrected chi connectivity index (χ0v) is 11.3. The van der Waals surface area contributed by atoms with Crippen molar-refractivity contribution in [3.8, 4) is 0 Å². The van der Waals surface area contributed by atoms with Gasteiger partial charge in [-0.05, 0) is 31.0 Å². The van der Waals surface area contributed by atoms with Gasteiger partial charge in [0.25, 0.3) is 0 Å². The number of nitrogens with one attached hydrogen (secondary N) is 1. The molecule has 96 valence electrons. The molecule has 0 saturated carbocycles. The number of pyridine rings is 1. The van der Waals surface area contributed by atoms with Crippen LogP contribution in [0.15, 0.2) is 18.2 Å². The number of rotatable bonds is 4. The van der Waals surface area contributed by atoms with E-state index in [0.29, 0.717) is 10.5 Å². The Labute approximate surface area is 111 Å². The van der Waals surface area contributed by atoms with E-state index in [4.69, 9.17) is 11.6 Å². The number of fused-ring (bicyclic) bond motifs is 1. The molecule has 0 aliphatic heterocycles. The van der Waals surface area contributed by atoms with Crippen LogP contribution >= 0.6 is 11.6 Å². The van der Waals surface area contributed by atoms with E-state index in [-0.39, 0.29) is 5.82 Å². The average Bonchev–Trinajstić information content (AvgIpc) is 2.36. The van der Waals surface area contributed by atoms with Crippen LogP contribution in [-0.2, 0) is 6.42 Å². The molecule has 0 aliphatic carbocycles. The van der Waals surface area contributed by atoms with Crippen molar-refractivity contribution >= 4 is 28.2 Å². The summed E-state index contributed by atoms with van der Waals surface area (Å²) >= 11 is 5.91. The largest absolute Gasteiger partial charge is 0.384 e. The zero-order chi connectivity index (χ0) is 13.1. The van der Waals surface area contributed by atoms with Gasteiger partial charge >= 0.3 is 0 Å². The average molecular weight is 267 g/mol. The Morgan fingerprint density at radius 3 is 2.72 bits per heavy atom. The second-order valence-electron chi connectivity index (χ2n) is 4.23. The van der Waals surface area contributed by atoms with Crippen LogP contribution in [0.2, 0.25) is 5.02 Å². The minimum absolute atomic E-state index is 0.368. The van der Waals surface area contributed by atoms with Gasteiger partial charge in [0.1, 0.15) is 5.52 Å². The Hall–Kier alpha value is -1.35. The summed E-state index contributed by atoms with van der Waals surface area (Å²) in [5.74, 6) is -0.368. The molecule has 1 aromatic carbocycles. The lowest BCUT2D eigenvalue weighted by atomic mass is 10.1. The van der Waals surface area contributed by atoms with Gasteiger partial charge in [-0.15, -0.1) is 0 Å². The molecule has 0 fully saturated rings. The minimum Gasteiger partial charge on any atom is -0.384 e. The van der Waals surface area contributed by atoms with Gasteiger partial charge in [-0.2, -0.15) is 0 Å². The van der Waals surface area contributed by atoms with Crippen LogP contribution in [0.1, 0.15) is 26.0 Å². The summed E-state index contributed by atoms with van der Waals surface area (Å²) in [6, 6.07) is 5.03. The van der Waals surface area contributed by atoms with Gasteiger partial charge < -0.3 is 5.32 Å². The molecule has 1 N–H and O–H groups in total. The molecule has 0 saturated heterocycles. The Morgan fingerprint density at radius 1 is 1.28 bits per heavy atom. The summed E-state index contributed by atoms with van der Waals surface area (Å²) < 4.78 is 13.9. The van der Waals surface area contributed by atoms with E-state index < -0.39 is 0 Å². The second kappa shape index (κ2) is 5.53. The van der Waals surface area contributed by atoms with Gasteiger partial charge in [0.05, 0.1) is 0 Å². The molecule has 0 atom stereocenters. The molecule has 2 rings (SSSR count). The maximum atomic E-state index is 13.9. The number of hydrogen-bond acceptors (Lipinski definition) is 2. The highest BCUT2D eigenvalue weighted by Gasteiger charge is 2.10. The lowest BCUT2D eigenvalue weighted by Crippen LogP contribution is -2.03. The van der Waals surface area contributed by atoms with Crippen LogP contribution in [0.4, 0.5) is 10.1 Å². The maximum Gasteiger partial charge on any atom is 0.150 e. The van der Waals surface area contributed by atoms with Crippen molar-refractivity contribution in [1.29, 1.82) is 0 Å². The van der Waals surface area contributed by atoms with Crippen LogP contribution in [0.3, 0.4) is 0 Å². The van der Waals surface area contributed by atoms with Crippen molar-refractivity contribution in [3.63, 3.8) is 0 Å². The first kappa shape index (κ1) is 13.1. The Kier molecular flexibility index (Phi) is 4.02. The van der Waals surface area contributed by atoms with Crippen molar-refractivity contribution in [3.05, 3.63) is 34.7 Å². The SMILES string of the molecule is CCCNc1cc(CC)nc2c(F)cc(Cl)cc12. The fraction of sp³-hybridized carbons (Fsp3) is 0.357. The number of anilines is 1.